The van der Waals surface area contributed by atoms with Crippen molar-refractivity contribution in [3.05, 3.63) is 18.4 Å². The van der Waals surface area contributed by atoms with E-state index >= 15 is 0 Å². The van der Waals surface area contributed by atoms with Gasteiger partial charge in [0.05, 0.1) is 6.26 Å². The summed E-state index contributed by atoms with van der Waals surface area (Å²) in [4.78, 5) is 0. The van der Waals surface area contributed by atoms with Crippen LogP contribution in [-0.2, 0) is 10.7 Å². The van der Waals surface area contributed by atoms with E-state index in [1.165, 1.54) is 18.4 Å². The molecule has 4 heteroatoms. The Balaban J connectivity index is 3.11. The minimum absolute atomic E-state index is 0.0139. The SMILES string of the molecule is O=[SH](=O)c1ccco1. The van der Waals surface area contributed by atoms with Crippen molar-refractivity contribution in [3.8, 4) is 0 Å². The molecule has 0 aliphatic rings. The Kier molecular flexibility index (Phi) is 1.34. The highest BCUT2D eigenvalue weighted by atomic mass is 32.2. The van der Waals surface area contributed by atoms with Gasteiger partial charge in [-0.1, -0.05) is 0 Å². The van der Waals surface area contributed by atoms with Crippen molar-refractivity contribution in [3.63, 3.8) is 0 Å². The van der Waals surface area contributed by atoms with Gasteiger partial charge in [-0.3, -0.25) is 0 Å². The Morgan fingerprint density at radius 3 is 2.50 bits per heavy atom. The van der Waals surface area contributed by atoms with E-state index in [1.54, 1.807) is 0 Å². The second-order valence-electron chi connectivity index (χ2n) is 1.21. The monoisotopic (exact) mass is 132 g/mol. The molecule has 1 heterocycles. The van der Waals surface area contributed by atoms with Crippen molar-refractivity contribution in [2.24, 2.45) is 0 Å². The van der Waals surface area contributed by atoms with Crippen molar-refractivity contribution in [2.75, 3.05) is 0 Å². The average Bonchev–Trinajstić information content (AvgIpc) is 2.12. The van der Waals surface area contributed by atoms with Crippen LogP contribution in [0.25, 0.3) is 0 Å². The van der Waals surface area contributed by atoms with Crippen LogP contribution >= 0.6 is 0 Å². The number of hydrogen-bond acceptors (Lipinski definition) is 3. The van der Waals surface area contributed by atoms with Crippen LogP contribution < -0.4 is 0 Å². The van der Waals surface area contributed by atoms with Gasteiger partial charge in [0.2, 0.25) is 15.8 Å². The smallest absolute Gasteiger partial charge is 0.214 e. The Labute approximate surface area is 47.9 Å². The van der Waals surface area contributed by atoms with E-state index in [1.807, 2.05) is 0 Å². The molecule has 0 bridgehead atoms. The maximum absolute atomic E-state index is 10.0. The summed E-state index contributed by atoms with van der Waals surface area (Å²) in [5.74, 6) is 0. The molecular weight excluding hydrogens is 128 g/mol. The Morgan fingerprint density at radius 1 is 1.50 bits per heavy atom. The van der Waals surface area contributed by atoms with Gasteiger partial charge in [-0.15, -0.1) is 0 Å². The number of hydrogen-bond donors (Lipinski definition) is 1. The zero-order valence-corrected chi connectivity index (χ0v) is 4.80. The largest absolute Gasteiger partial charge is 0.453 e. The van der Waals surface area contributed by atoms with Crippen LogP contribution in [-0.4, -0.2) is 8.42 Å². The van der Waals surface area contributed by atoms with Crippen molar-refractivity contribution >= 4 is 10.7 Å². The predicted octanol–water partition coefficient (Wildman–Crippen LogP) is 0.250. The van der Waals surface area contributed by atoms with Gasteiger partial charge in [0.25, 0.3) is 0 Å². The van der Waals surface area contributed by atoms with Gasteiger partial charge in [0.1, 0.15) is 0 Å². The van der Waals surface area contributed by atoms with Crippen LogP contribution in [0.4, 0.5) is 0 Å². The van der Waals surface area contributed by atoms with E-state index in [0.717, 1.165) is 0 Å². The van der Waals surface area contributed by atoms with Crippen molar-refractivity contribution < 1.29 is 12.8 Å². The minimum atomic E-state index is -2.53. The Morgan fingerprint density at radius 2 is 2.25 bits per heavy atom. The fourth-order valence-electron chi connectivity index (χ4n) is 0.374. The van der Waals surface area contributed by atoms with Crippen molar-refractivity contribution in [1.82, 2.24) is 0 Å². The highest BCUT2D eigenvalue weighted by Gasteiger charge is 1.92. The molecule has 0 atom stereocenters. The molecule has 0 saturated carbocycles. The zero-order valence-electron chi connectivity index (χ0n) is 3.90. The van der Waals surface area contributed by atoms with E-state index in [-0.39, 0.29) is 5.09 Å². The van der Waals surface area contributed by atoms with Crippen LogP contribution in [0.2, 0.25) is 0 Å². The van der Waals surface area contributed by atoms with Gasteiger partial charge in [-0.05, 0) is 12.1 Å². The third kappa shape index (κ3) is 0.894. The van der Waals surface area contributed by atoms with Gasteiger partial charge in [-0.25, -0.2) is 8.42 Å². The number of rotatable bonds is 1. The van der Waals surface area contributed by atoms with Crippen LogP contribution in [0.5, 0.6) is 0 Å². The highest BCUT2D eigenvalue weighted by molar-refractivity contribution is 7.72. The third-order valence-electron chi connectivity index (χ3n) is 0.686. The first-order valence-corrected chi connectivity index (χ1v) is 3.16. The molecule has 0 aliphatic carbocycles. The molecule has 0 aliphatic heterocycles. The van der Waals surface area contributed by atoms with Gasteiger partial charge >= 0.3 is 0 Å². The maximum Gasteiger partial charge on any atom is 0.214 e. The summed E-state index contributed by atoms with van der Waals surface area (Å²) in [6, 6.07) is 2.92. The van der Waals surface area contributed by atoms with Gasteiger partial charge < -0.3 is 4.42 Å². The molecule has 0 unspecified atom stereocenters. The van der Waals surface area contributed by atoms with Gasteiger partial charge in [0, 0.05) is 0 Å². The van der Waals surface area contributed by atoms with Crippen LogP contribution in [0, 0.1) is 0 Å². The van der Waals surface area contributed by atoms with Gasteiger partial charge in [0.15, 0.2) is 0 Å². The summed E-state index contributed by atoms with van der Waals surface area (Å²) in [7, 11) is -2.53. The van der Waals surface area contributed by atoms with Crippen LogP contribution in [0.15, 0.2) is 27.9 Å². The second-order valence-corrected chi connectivity index (χ2v) is 2.16. The molecule has 1 aromatic heterocycles. The molecule has 1 aromatic rings. The molecule has 0 fully saturated rings. The fourth-order valence-corrected chi connectivity index (χ4v) is 0.728. The fraction of sp³-hybridized carbons (Fsp3) is 0. The van der Waals surface area contributed by atoms with Gasteiger partial charge in [-0.2, -0.15) is 0 Å². The van der Waals surface area contributed by atoms with Crippen LogP contribution in [0.1, 0.15) is 0 Å². The molecule has 0 saturated heterocycles. The molecule has 0 aromatic carbocycles. The normalized spacial score (nSPS) is 10.1. The standard InChI is InChI=1S/C4H4O3S/c5-8(6)4-2-1-3-7-4/h1-3,8H. The molecular formula is C4H4O3S. The first-order chi connectivity index (χ1) is 3.80. The quantitative estimate of drug-likeness (QED) is 0.557. The van der Waals surface area contributed by atoms with E-state index in [2.05, 4.69) is 4.42 Å². The predicted molar refractivity (Wildman–Crippen MR) is 27.3 cm³/mol. The summed E-state index contributed by atoms with van der Waals surface area (Å²) in [5, 5.41) is 0.0139. The van der Waals surface area contributed by atoms with E-state index in [4.69, 9.17) is 0 Å². The lowest BCUT2D eigenvalue weighted by molar-refractivity contribution is 0.457. The Bertz CT molecular complexity index is 213. The maximum atomic E-state index is 10.0. The average molecular weight is 132 g/mol. The van der Waals surface area contributed by atoms with E-state index in [9.17, 15) is 8.42 Å². The summed E-state index contributed by atoms with van der Waals surface area (Å²) in [5.41, 5.74) is 0. The zero-order chi connectivity index (χ0) is 5.98. The highest BCUT2D eigenvalue weighted by Crippen LogP contribution is 1.98. The minimum Gasteiger partial charge on any atom is -0.453 e. The molecule has 8 heavy (non-hydrogen) atoms. The third-order valence-corrected chi connectivity index (χ3v) is 1.30. The second kappa shape index (κ2) is 2.00. The molecule has 3 nitrogen and oxygen atoms in total. The van der Waals surface area contributed by atoms with E-state index < -0.39 is 10.7 Å². The molecule has 44 valence electrons. The van der Waals surface area contributed by atoms with Crippen molar-refractivity contribution in [1.29, 1.82) is 0 Å². The molecule has 0 amide bonds. The number of furan rings is 1. The first kappa shape index (κ1) is 5.37. The topological polar surface area (TPSA) is 47.3 Å². The lowest BCUT2D eigenvalue weighted by Crippen LogP contribution is -1.69. The molecule has 0 N–H and O–H groups in total. The summed E-state index contributed by atoms with van der Waals surface area (Å²) < 4.78 is 24.5. The summed E-state index contributed by atoms with van der Waals surface area (Å²) >= 11 is 0. The summed E-state index contributed by atoms with van der Waals surface area (Å²) in [6.07, 6.45) is 1.32. The Hall–Kier alpha value is -0.770. The lowest BCUT2D eigenvalue weighted by Gasteiger charge is -1.72. The molecule has 0 radical (unpaired) electrons. The van der Waals surface area contributed by atoms with E-state index in [0.29, 0.717) is 0 Å². The van der Waals surface area contributed by atoms with Crippen LogP contribution in [0.3, 0.4) is 0 Å². The molecule has 1 rings (SSSR count). The lowest BCUT2D eigenvalue weighted by atomic mass is 10.7. The summed E-state index contributed by atoms with van der Waals surface area (Å²) in [6.45, 7) is 0. The number of thiol groups is 1. The van der Waals surface area contributed by atoms with Crippen molar-refractivity contribution in [2.45, 2.75) is 5.09 Å². The molecule has 0 spiro atoms. The first-order valence-electron chi connectivity index (χ1n) is 1.98.